The van der Waals surface area contributed by atoms with Gasteiger partial charge in [-0.1, -0.05) is 18.2 Å². The number of hydrogen-bond acceptors (Lipinski definition) is 3. The molecule has 0 radical (unpaired) electrons. The molecule has 1 unspecified atom stereocenters. The molecule has 2 aromatic carbocycles. The van der Waals surface area contributed by atoms with Gasteiger partial charge in [-0.05, 0) is 49.4 Å². The van der Waals surface area contributed by atoms with Crippen LogP contribution in [0.4, 0.5) is 22.0 Å². The Morgan fingerprint density at radius 3 is 2.41 bits per heavy atom. The summed E-state index contributed by atoms with van der Waals surface area (Å²) in [5, 5.41) is 11.1. The summed E-state index contributed by atoms with van der Waals surface area (Å²) in [7, 11) is 0. The minimum absolute atomic E-state index is 0.0764. The van der Waals surface area contributed by atoms with Gasteiger partial charge in [0.2, 0.25) is 5.91 Å². The van der Waals surface area contributed by atoms with E-state index >= 15 is 0 Å². The highest BCUT2D eigenvalue weighted by molar-refractivity contribution is 5.76. The molecule has 4 rings (SSSR count). The summed E-state index contributed by atoms with van der Waals surface area (Å²) in [5.41, 5.74) is -1.58. The topological polar surface area (TPSA) is 43.8 Å². The number of carbonyl (C=O) groups excluding carboxylic acids is 1. The Balaban J connectivity index is 1.37. The highest BCUT2D eigenvalue weighted by atomic mass is 19.4. The van der Waals surface area contributed by atoms with Crippen molar-refractivity contribution in [2.24, 2.45) is 0 Å². The fourth-order valence-corrected chi connectivity index (χ4v) is 4.94. The summed E-state index contributed by atoms with van der Waals surface area (Å²) in [6, 6.07) is 8.26. The van der Waals surface area contributed by atoms with Crippen LogP contribution in [0.5, 0.6) is 0 Å². The lowest BCUT2D eigenvalue weighted by atomic mass is 9.83. The summed E-state index contributed by atoms with van der Waals surface area (Å²) in [4.78, 5) is 16.4. The second kappa shape index (κ2) is 9.62. The maximum Gasteiger partial charge on any atom is 0.416 e. The lowest BCUT2D eigenvalue weighted by Gasteiger charge is -2.42. The van der Waals surface area contributed by atoms with Gasteiger partial charge in [0.05, 0.1) is 11.2 Å². The van der Waals surface area contributed by atoms with Crippen molar-refractivity contribution in [3.63, 3.8) is 0 Å². The van der Waals surface area contributed by atoms with Gasteiger partial charge in [0.25, 0.3) is 0 Å². The first-order valence-electron chi connectivity index (χ1n) is 11.4. The number of aliphatic hydroxyl groups is 1. The molecule has 9 heteroatoms. The molecule has 1 atom stereocenters. The van der Waals surface area contributed by atoms with Crippen LogP contribution in [0, 0.1) is 11.6 Å². The van der Waals surface area contributed by atoms with Crippen molar-refractivity contribution in [2.75, 3.05) is 19.6 Å². The average molecular weight is 482 g/mol. The fourth-order valence-electron chi connectivity index (χ4n) is 4.94. The van der Waals surface area contributed by atoms with E-state index < -0.39 is 29.0 Å². The lowest BCUT2D eigenvalue weighted by Crippen LogP contribution is -2.47. The quantitative estimate of drug-likeness (QED) is 0.634. The number of piperidine rings is 1. The second-order valence-corrected chi connectivity index (χ2v) is 9.18. The maximum absolute atomic E-state index is 14.0. The van der Waals surface area contributed by atoms with E-state index in [9.17, 15) is 31.9 Å². The average Bonchev–Trinajstić information content (AvgIpc) is 2.97. The van der Waals surface area contributed by atoms with Crippen LogP contribution in [0.2, 0.25) is 0 Å². The van der Waals surface area contributed by atoms with E-state index in [1.54, 1.807) is 4.90 Å². The van der Waals surface area contributed by atoms with Crippen LogP contribution in [0.3, 0.4) is 0 Å². The summed E-state index contributed by atoms with van der Waals surface area (Å²) >= 11 is 0. The Bertz CT molecular complexity index is 1030. The highest BCUT2D eigenvalue weighted by Gasteiger charge is 2.39. The minimum Gasteiger partial charge on any atom is -0.385 e. The molecule has 34 heavy (non-hydrogen) atoms. The molecule has 2 heterocycles. The van der Waals surface area contributed by atoms with Crippen molar-refractivity contribution in [1.29, 1.82) is 0 Å². The first-order valence-corrected chi connectivity index (χ1v) is 11.4. The molecule has 4 nitrogen and oxygen atoms in total. The number of nitrogens with zero attached hydrogens (tertiary/aromatic N) is 2. The van der Waals surface area contributed by atoms with Gasteiger partial charge in [-0.2, -0.15) is 13.2 Å². The Morgan fingerprint density at radius 2 is 1.74 bits per heavy atom. The zero-order chi connectivity index (χ0) is 24.5. The van der Waals surface area contributed by atoms with Crippen molar-refractivity contribution in [3.8, 4) is 0 Å². The van der Waals surface area contributed by atoms with Gasteiger partial charge in [0.1, 0.15) is 11.6 Å². The number of hydrogen-bond donors (Lipinski definition) is 1. The van der Waals surface area contributed by atoms with Gasteiger partial charge < -0.3 is 14.9 Å². The number of likely N-dealkylation sites (tertiary alicyclic amines) is 2. The first-order chi connectivity index (χ1) is 16.0. The number of amides is 1. The van der Waals surface area contributed by atoms with Crippen molar-refractivity contribution in [2.45, 2.75) is 56.5 Å². The Kier molecular flexibility index (Phi) is 6.96. The molecule has 0 aliphatic carbocycles. The Hall–Kier alpha value is -2.52. The third kappa shape index (κ3) is 5.41. The predicted octanol–water partition coefficient (Wildman–Crippen LogP) is 4.85. The maximum atomic E-state index is 14.0. The van der Waals surface area contributed by atoms with Gasteiger partial charge in [-0.25, -0.2) is 8.78 Å². The third-order valence-corrected chi connectivity index (χ3v) is 7.02. The van der Waals surface area contributed by atoms with Gasteiger partial charge in [0, 0.05) is 50.3 Å². The van der Waals surface area contributed by atoms with Crippen LogP contribution in [0.15, 0.2) is 42.5 Å². The summed E-state index contributed by atoms with van der Waals surface area (Å²) in [5.74, 6) is -1.44. The van der Waals surface area contributed by atoms with Gasteiger partial charge in [0.15, 0.2) is 0 Å². The first kappa shape index (κ1) is 24.6. The van der Waals surface area contributed by atoms with E-state index in [1.807, 2.05) is 0 Å². The van der Waals surface area contributed by atoms with Gasteiger partial charge in [-0.3, -0.25) is 4.79 Å². The SMILES string of the molecule is O=C1CCC(N2CCC(O)(c3cccc(C(F)(F)F)c3)CC2)CCN1Cc1ccc(F)cc1F. The van der Waals surface area contributed by atoms with E-state index in [-0.39, 0.29) is 29.6 Å². The highest BCUT2D eigenvalue weighted by Crippen LogP contribution is 2.37. The Labute approximate surface area is 195 Å². The summed E-state index contributed by atoms with van der Waals surface area (Å²) in [6.45, 7) is 1.50. The predicted molar refractivity (Wildman–Crippen MR) is 116 cm³/mol. The van der Waals surface area contributed by atoms with E-state index in [4.69, 9.17) is 0 Å². The zero-order valence-corrected chi connectivity index (χ0v) is 18.6. The molecule has 1 amide bonds. The monoisotopic (exact) mass is 482 g/mol. The zero-order valence-electron chi connectivity index (χ0n) is 18.6. The number of alkyl halides is 3. The van der Waals surface area contributed by atoms with Crippen LogP contribution in [0.1, 0.15) is 48.8 Å². The van der Waals surface area contributed by atoms with Crippen LogP contribution < -0.4 is 0 Å². The molecule has 0 saturated carbocycles. The molecule has 2 fully saturated rings. The minimum atomic E-state index is -4.47. The normalized spacial score (nSPS) is 22.0. The molecule has 0 bridgehead atoms. The molecule has 1 N–H and O–H groups in total. The molecular formula is C25H27F5N2O2. The molecule has 2 aliphatic rings. The van der Waals surface area contributed by atoms with E-state index in [1.165, 1.54) is 24.3 Å². The van der Waals surface area contributed by atoms with Gasteiger partial charge in [-0.15, -0.1) is 0 Å². The number of rotatable bonds is 4. The molecule has 0 spiro atoms. The largest absolute Gasteiger partial charge is 0.416 e. The van der Waals surface area contributed by atoms with Gasteiger partial charge >= 0.3 is 6.18 Å². The van der Waals surface area contributed by atoms with Crippen molar-refractivity contribution < 1.29 is 31.9 Å². The lowest BCUT2D eigenvalue weighted by molar-refractivity contribution is -0.138. The second-order valence-electron chi connectivity index (χ2n) is 9.18. The van der Waals surface area contributed by atoms with Crippen LogP contribution in [0.25, 0.3) is 0 Å². The van der Waals surface area contributed by atoms with Crippen molar-refractivity contribution in [3.05, 3.63) is 70.8 Å². The van der Waals surface area contributed by atoms with E-state index in [2.05, 4.69) is 4.90 Å². The number of carbonyl (C=O) groups is 1. The standard InChI is InChI=1S/C25H27F5N2O2/c26-20-5-4-17(22(27)15-20)16-32-11-8-21(6-7-23(32)33)31-12-9-24(34,10-13-31)18-2-1-3-19(14-18)25(28,29)30/h1-5,14-15,21,34H,6-13,16H2. The fraction of sp³-hybridized carbons (Fsp3) is 0.480. The molecule has 0 aromatic heterocycles. The summed E-state index contributed by atoms with van der Waals surface area (Å²) < 4.78 is 66.5. The van der Waals surface area contributed by atoms with Crippen molar-refractivity contribution in [1.82, 2.24) is 9.80 Å². The van der Waals surface area contributed by atoms with E-state index in [0.29, 0.717) is 51.7 Å². The van der Waals surface area contributed by atoms with Crippen LogP contribution in [-0.4, -0.2) is 46.5 Å². The number of halogens is 5. The van der Waals surface area contributed by atoms with E-state index in [0.717, 1.165) is 18.2 Å². The van der Waals surface area contributed by atoms with Crippen molar-refractivity contribution >= 4 is 5.91 Å². The third-order valence-electron chi connectivity index (χ3n) is 7.02. The molecule has 184 valence electrons. The smallest absolute Gasteiger partial charge is 0.385 e. The molecular weight excluding hydrogens is 455 g/mol. The number of benzene rings is 2. The Morgan fingerprint density at radius 1 is 1.00 bits per heavy atom. The van der Waals surface area contributed by atoms with Crippen LogP contribution >= 0.6 is 0 Å². The van der Waals surface area contributed by atoms with Crippen LogP contribution in [-0.2, 0) is 23.1 Å². The molecule has 2 saturated heterocycles. The summed E-state index contributed by atoms with van der Waals surface area (Å²) in [6.07, 6.45) is -2.31. The molecule has 2 aliphatic heterocycles. The molecule has 2 aromatic rings.